The van der Waals surface area contributed by atoms with E-state index in [9.17, 15) is 5.11 Å². The molecule has 0 aromatic heterocycles. The summed E-state index contributed by atoms with van der Waals surface area (Å²) in [6.45, 7) is 2.93. The van der Waals surface area contributed by atoms with Gasteiger partial charge in [0.15, 0.2) is 0 Å². The summed E-state index contributed by atoms with van der Waals surface area (Å²) in [5.74, 6) is 0.417. The van der Waals surface area contributed by atoms with Gasteiger partial charge in [-0.2, -0.15) is 0 Å². The second kappa shape index (κ2) is 3.38. The summed E-state index contributed by atoms with van der Waals surface area (Å²) in [7, 11) is 0. The minimum absolute atomic E-state index is 0.417. The van der Waals surface area contributed by atoms with Crippen LogP contribution in [0.5, 0.6) is 5.75 Å². The number of phenols is 1. The van der Waals surface area contributed by atoms with Gasteiger partial charge in [-0.3, -0.25) is 0 Å². The molecule has 0 amide bonds. The van der Waals surface area contributed by atoms with Gasteiger partial charge in [0, 0.05) is 0 Å². The van der Waals surface area contributed by atoms with Crippen molar-refractivity contribution in [3.8, 4) is 5.75 Å². The second-order valence-electron chi connectivity index (χ2n) is 3.57. The molecule has 0 saturated carbocycles. The first-order chi connectivity index (χ1) is 6.27. The first-order valence-electron chi connectivity index (χ1n) is 4.66. The fourth-order valence-corrected chi connectivity index (χ4v) is 1.55. The van der Waals surface area contributed by atoms with E-state index in [2.05, 4.69) is 0 Å². The van der Waals surface area contributed by atoms with E-state index in [-0.39, 0.29) is 0 Å². The van der Waals surface area contributed by atoms with Crippen LogP contribution in [0, 0.1) is 6.92 Å². The molecule has 2 rings (SSSR count). The zero-order chi connectivity index (χ0) is 9.26. The Bertz CT molecular complexity index is 283. The van der Waals surface area contributed by atoms with Crippen molar-refractivity contribution in [2.75, 3.05) is 6.61 Å². The van der Waals surface area contributed by atoms with E-state index in [0.717, 1.165) is 25.0 Å². The zero-order valence-corrected chi connectivity index (χ0v) is 7.79. The second-order valence-corrected chi connectivity index (χ2v) is 3.57. The number of benzene rings is 1. The zero-order valence-electron chi connectivity index (χ0n) is 7.79. The molecule has 0 bridgehead atoms. The Labute approximate surface area is 78.2 Å². The maximum absolute atomic E-state index is 9.58. The highest BCUT2D eigenvalue weighted by atomic mass is 16.6. The van der Waals surface area contributed by atoms with E-state index in [1.54, 1.807) is 6.07 Å². The summed E-state index contributed by atoms with van der Waals surface area (Å²) in [6.07, 6.45) is 2.39. The fraction of sp³-hybridized carbons (Fsp3) is 0.455. The molecule has 1 N–H and O–H groups in total. The van der Waals surface area contributed by atoms with Gasteiger partial charge in [-0.1, -0.05) is 12.1 Å². The molecule has 2 heteroatoms. The lowest BCUT2D eigenvalue weighted by atomic mass is 10.0. The van der Waals surface area contributed by atoms with Gasteiger partial charge in [-0.15, -0.1) is 0 Å². The molecule has 0 radical (unpaired) electrons. The Morgan fingerprint density at radius 1 is 1.54 bits per heavy atom. The Balaban J connectivity index is 2.07. The Morgan fingerprint density at radius 3 is 2.92 bits per heavy atom. The molecule has 13 heavy (non-hydrogen) atoms. The summed E-state index contributed by atoms with van der Waals surface area (Å²) in [5.41, 5.74) is 2.23. The molecular formula is C11H14O2. The van der Waals surface area contributed by atoms with Crippen LogP contribution in [0.4, 0.5) is 0 Å². The molecule has 1 saturated heterocycles. The third-order valence-electron chi connectivity index (χ3n) is 2.50. The average molecular weight is 178 g/mol. The molecule has 1 aromatic rings. The first kappa shape index (κ1) is 8.57. The lowest BCUT2D eigenvalue weighted by molar-refractivity contribution is 0.394. The molecule has 1 unspecified atom stereocenters. The highest BCUT2D eigenvalue weighted by molar-refractivity contribution is 5.38. The molecule has 0 aliphatic carbocycles. The number of rotatable bonds is 3. The van der Waals surface area contributed by atoms with Crippen molar-refractivity contribution in [3.63, 3.8) is 0 Å². The number of aryl methyl sites for hydroxylation is 1. The maximum atomic E-state index is 9.58. The molecule has 1 fully saturated rings. The van der Waals surface area contributed by atoms with E-state index in [0.29, 0.717) is 11.9 Å². The lowest BCUT2D eigenvalue weighted by Crippen LogP contribution is -1.94. The van der Waals surface area contributed by atoms with Gasteiger partial charge in [-0.05, 0) is 37.0 Å². The maximum Gasteiger partial charge on any atom is 0.119 e. The molecule has 1 aromatic carbocycles. The summed E-state index contributed by atoms with van der Waals surface area (Å²) in [5, 5.41) is 9.58. The van der Waals surface area contributed by atoms with Crippen LogP contribution in [0.1, 0.15) is 17.5 Å². The average Bonchev–Trinajstić information content (AvgIpc) is 2.87. The third kappa shape index (κ3) is 2.01. The van der Waals surface area contributed by atoms with Gasteiger partial charge in [-0.25, -0.2) is 0 Å². The van der Waals surface area contributed by atoms with E-state index in [4.69, 9.17) is 4.74 Å². The van der Waals surface area contributed by atoms with Crippen LogP contribution in [0.2, 0.25) is 0 Å². The SMILES string of the molecule is Cc1cccc(O)c1CCC1CO1. The van der Waals surface area contributed by atoms with Crippen molar-refractivity contribution < 1.29 is 9.84 Å². The van der Waals surface area contributed by atoms with Crippen molar-refractivity contribution in [1.82, 2.24) is 0 Å². The molecule has 1 aliphatic rings. The van der Waals surface area contributed by atoms with Crippen molar-refractivity contribution >= 4 is 0 Å². The molecular weight excluding hydrogens is 164 g/mol. The predicted octanol–water partition coefficient (Wildman–Crippen LogP) is 2.03. The van der Waals surface area contributed by atoms with Crippen LogP contribution in [0.15, 0.2) is 18.2 Å². The summed E-state index contributed by atoms with van der Waals surface area (Å²) in [6, 6.07) is 5.65. The normalized spacial score (nSPS) is 20.2. The number of hydrogen-bond donors (Lipinski definition) is 1. The van der Waals surface area contributed by atoms with E-state index < -0.39 is 0 Å². The van der Waals surface area contributed by atoms with Crippen LogP contribution in [-0.2, 0) is 11.2 Å². The lowest BCUT2D eigenvalue weighted by Gasteiger charge is -2.06. The smallest absolute Gasteiger partial charge is 0.119 e. The molecule has 0 spiro atoms. The van der Waals surface area contributed by atoms with Crippen LogP contribution in [0.25, 0.3) is 0 Å². The number of hydrogen-bond acceptors (Lipinski definition) is 2. The van der Waals surface area contributed by atoms with Crippen molar-refractivity contribution in [3.05, 3.63) is 29.3 Å². The van der Waals surface area contributed by atoms with Crippen LogP contribution >= 0.6 is 0 Å². The molecule has 2 nitrogen and oxygen atoms in total. The highest BCUT2D eigenvalue weighted by Gasteiger charge is 2.22. The van der Waals surface area contributed by atoms with E-state index in [1.165, 1.54) is 5.56 Å². The summed E-state index contributed by atoms with van der Waals surface area (Å²) in [4.78, 5) is 0. The van der Waals surface area contributed by atoms with Crippen molar-refractivity contribution in [1.29, 1.82) is 0 Å². The quantitative estimate of drug-likeness (QED) is 0.718. The number of ether oxygens (including phenoxy) is 1. The summed E-state index contributed by atoms with van der Waals surface area (Å²) < 4.78 is 5.13. The molecule has 1 heterocycles. The van der Waals surface area contributed by atoms with Gasteiger partial charge < -0.3 is 9.84 Å². The molecule has 70 valence electrons. The van der Waals surface area contributed by atoms with Gasteiger partial charge >= 0.3 is 0 Å². The Hall–Kier alpha value is -1.02. The Morgan fingerprint density at radius 2 is 2.31 bits per heavy atom. The fourth-order valence-electron chi connectivity index (χ4n) is 1.55. The topological polar surface area (TPSA) is 32.8 Å². The number of phenolic OH excluding ortho intramolecular Hbond substituents is 1. The van der Waals surface area contributed by atoms with Crippen LogP contribution < -0.4 is 0 Å². The van der Waals surface area contributed by atoms with Gasteiger partial charge in [0.25, 0.3) is 0 Å². The van der Waals surface area contributed by atoms with E-state index >= 15 is 0 Å². The first-order valence-corrected chi connectivity index (χ1v) is 4.66. The standard InChI is InChI=1S/C11H14O2/c1-8-3-2-4-11(12)10(8)6-5-9-7-13-9/h2-4,9,12H,5-7H2,1H3. The molecule has 1 aliphatic heterocycles. The van der Waals surface area contributed by atoms with Crippen molar-refractivity contribution in [2.24, 2.45) is 0 Å². The largest absolute Gasteiger partial charge is 0.508 e. The Kier molecular flexibility index (Phi) is 2.23. The summed E-state index contributed by atoms with van der Waals surface area (Å²) >= 11 is 0. The minimum Gasteiger partial charge on any atom is -0.508 e. The highest BCUT2D eigenvalue weighted by Crippen LogP contribution is 2.24. The predicted molar refractivity (Wildman–Crippen MR) is 50.9 cm³/mol. The number of aromatic hydroxyl groups is 1. The van der Waals surface area contributed by atoms with Gasteiger partial charge in [0.05, 0.1) is 12.7 Å². The van der Waals surface area contributed by atoms with Gasteiger partial charge in [0.2, 0.25) is 0 Å². The van der Waals surface area contributed by atoms with Crippen LogP contribution in [-0.4, -0.2) is 17.8 Å². The molecule has 1 atom stereocenters. The monoisotopic (exact) mass is 178 g/mol. The minimum atomic E-state index is 0.417. The van der Waals surface area contributed by atoms with Crippen LogP contribution in [0.3, 0.4) is 0 Å². The third-order valence-corrected chi connectivity index (χ3v) is 2.50. The van der Waals surface area contributed by atoms with Crippen molar-refractivity contribution in [2.45, 2.75) is 25.9 Å². The van der Waals surface area contributed by atoms with Gasteiger partial charge in [0.1, 0.15) is 5.75 Å². The van der Waals surface area contributed by atoms with E-state index in [1.807, 2.05) is 19.1 Å². The number of epoxide rings is 1.